The molecule has 230 valence electrons. The van der Waals surface area contributed by atoms with Gasteiger partial charge in [0.2, 0.25) is 6.41 Å². The Morgan fingerprint density at radius 3 is 2.24 bits per heavy atom. The molecule has 8 nitrogen and oxygen atoms in total. The highest BCUT2D eigenvalue weighted by Gasteiger charge is 2.31. The first-order chi connectivity index (χ1) is 19.9. The molecule has 0 spiro atoms. The summed E-state index contributed by atoms with van der Waals surface area (Å²) in [4.78, 5) is 23.0. The number of hydrogen-bond acceptors (Lipinski definition) is 7. The summed E-state index contributed by atoms with van der Waals surface area (Å²) in [5, 5.41) is 2.83. The molecule has 13 heteroatoms. The fraction of sp³-hybridized carbons (Fsp3) is 0.276. The highest BCUT2D eigenvalue weighted by Crippen LogP contribution is 2.32. The minimum absolute atomic E-state index is 0.0828. The van der Waals surface area contributed by atoms with Crippen LogP contribution in [0.15, 0.2) is 48.2 Å². The molecule has 7 N–H and O–H groups in total. The Balaban J connectivity index is 0.000000744. The number of allylic oxidation sites excluding steroid dienone is 1. The molecule has 1 heterocycles. The molecule has 0 aliphatic rings. The summed E-state index contributed by atoms with van der Waals surface area (Å²) >= 11 is 5.74. The number of rotatable bonds is 8. The number of alkyl halides is 3. The first kappa shape index (κ1) is 37.8. The Labute approximate surface area is 247 Å². The maximum Gasteiger partial charge on any atom is 0.430 e. The Morgan fingerprint density at radius 1 is 1.12 bits per heavy atom. The predicted molar refractivity (Wildman–Crippen MR) is 159 cm³/mol. The monoisotopic (exact) mass is 613 g/mol. The number of carbonyl (C=O) groups excluding carboxylic acids is 2. The lowest BCUT2D eigenvalue weighted by Crippen LogP contribution is -2.19. The Kier molecular flexibility index (Phi) is 17.2. The minimum Gasteiger partial charge on any atom is -0.491 e. The molecule has 0 saturated heterocycles. The molecule has 0 unspecified atom stereocenters. The summed E-state index contributed by atoms with van der Waals surface area (Å²) in [6, 6.07) is 11.2. The second-order valence-corrected chi connectivity index (χ2v) is 8.62. The summed E-state index contributed by atoms with van der Waals surface area (Å²) in [6.45, 7) is 8.62. The molecule has 0 saturated carbocycles. The molecular weight excluding hydrogens is 578 g/mol. The van der Waals surface area contributed by atoms with E-state index in [4.69, 9.17) is 32.6 Å². The van der Waals surface area contributed by atoms with E-state index in [1.807, 2.05) is 26.7 Å². The molecule has 0 aliphatic carbocycles. The van der Waals surface area contributed by atoms with Crippen LogP contribution in [0.1, 0.15) is 29.3 Å². The van der Waals surface area contributed by atoms with Gasteiger partial charge in [-0.2, -0.15) is 13.2 Å². The average molecular weight is 614 g/mol. The number of hydrogen-bond donors (Lipinski definition) is 4. The van der Waals surface area contributed by atoms with E-state index in [1.165, 1.54) is 25.2 Å². The van der Waals surface area contributed by atoms with Crippen molar-refractivity contribution < 1.29 is 31.9 Å². The molecule has 0 radical (unpaired) electrons. The van der Waals surface area contributed by atoms with Crippen molar-refractivity contribution in [1.29, 1.82) is 0 Å². The molecule has 1 amide bonds. The fourth-order valence-corrected chi connectivity index (χ4v) is 3.68. The van der Waals surface area contributed by atoms with E-state index in [1.54, 1.807) is 25.1 Å². The third kappa shape index (κ3) is 12.1. The number of benzene rings is 2. The van der Waals surface area contributed by atoms with Crippen molar-refractivity contribution in [3.63, 3.8) is 0 Å². The number of aryl methyl sites for hydroxylation is 2. The second-order valence-electron chi connectivity index (χ2n) is 8.22. The molecule has 0 fully saturated rings. The number of nitrogens with two attached hydrogens (primary N) is 3. The third-order valence-electron chi connectivity index (χ3n) is 5.17. The summed E-state index contributed by atoms with van der Waals surface area (Å²) < 4.78 is 55.4. The SMILES string of the molecule is C=O.CCOc1c(C)cc(CCNC=O)nc1-c1ccc(F)cc1.CN.Cc1cc(Cl)c(N)c(/C=C(\N)C(F)(F)F)c1. The van der Waals surface area contributed by atoms with Gasteiger partial charge < -0.3 is 32.0 Å². The quantitative estimate of drug-likeness (QED) is 0.116. The van der Waals surface area contributed by atoms with E-state index in [0.717, 1.165) is 22.9 Å². The first-order valence-electron chi connectivity index (χ1n) is 12.4. The maximum absolute atomic E-state index is 13.1. The molecular formula is C29H36ClF4N5O3. The van der Waals surface area contributed by atoms with Crippen molar-refractivity contribution in [1.82, 2.24) is 10.3 Å². The lowest BCUT2D eigenvalue weighted by Gasteiger charge is -2.14. The van der Waals surface area contributed by atoms with Crippen molar-refractivity contribution in [3.8, 4) is 17.0 Å². The molecule has 1 aromatic heterocycles. The van der Waals surface area contributed by atoms with E-state index >= 15 is 0 Å². The van der Waals surface area contributed by atoms with Gasteiger partial charge in [0.25, 0.3) is 0 Å². The zero-order valence-corrected chi connectivity index (χ0v) is 24.6. The van der Waals surface area contributed by atoms with Crippen LogP contribution in [0.4, 0.5) is 23.2 Å². The lowest BCUT2D eigenvalue weighted by molar-refractivity contribution is -0.109. The van der Waals surface area contributed by atoms with Crippen LogP contribution in [-0.2, 0) is 16.0 Å². The Bertz CT molecular complexity index is 1300. The summed E-state index contributed by atoms with van der Waals surface area (Å²) in [7, 11) is 1.50. The van der Waals surface area contributed by atoms with Crippen molar-refractivity contribution in [2.45, 2.75) is 33.4 Å². The van der Waals surface area contributed by atoms with E-state index in [0.29, 0.717) is 43.0 Å². The molecule has 0 aliphatic heterocycles. The highest BCUT2D eigenvalue weighted by atomic mass is 35.5. The van der Waals surface area contributed by atoms with Gasteiger partial charge in [0.15, 0.2) is 0 Å². The highest BCUT2D eigenvalue weighted by molar-refractivity contribution is 6.33. The maximum atomic E-state index is 13.1. The molecule has 0 bridgehead atoms. The third-order valence-corrected chi connectivity index (χ3v) is 5.48. The number of aromatic nitrogens is 1. The van der Waals surface area contributed by atoms with Gasteiger partial charge in [0.05, 0.1) is 17.3 Å². The van der Waals surface area contributed by atoms with Gasteiger partial charge in [-0.1, -0.05) is 11.6 Å². The largest absolute Gasteiger partial charge is 0.491 e. The smallest absolute Gasteiger partial charge is 0.430 e. The number of pyridine rings is 1. The minimum atomic E-state index is -4.57. The summed E-state index contributed by atoms with van der Waals surface area (Å²) in [5.41, 5.74) is 18.0. The van der Waals surface area contributed by atoms with E-state index in [9.17, 15) is 22.4 Å². The average Bonchev–Trinajstić information content (AvgIpc) is 2.95. The van der Waals surface area contributed by atoms with Crippen molar-refractivity contribution in [2.24, 2.45) is 11.5 Å². The molecule has 3 rings (SSSR count). The van der Waals surface area contributed by atoms with Crippen LogP contribution in [0.2, 0.25) is 5.02 Å². The number of amides is 1. The van der Waals surface area contributed by atoms with Crippen LogP contribution >= 0.6 is 11.6 Å². The number of halogens is 5. The van der Waals surface area contributed by atoms with Crippen LogP contribution in [0.25, 0.3) is 17.3 Å². The predicted octanol–water partition coefficient (Wildman–Crippen LogP) is 5.37. The Morgan fingerprint density at radius 2 is 1.71 bits per heavy atom. The van der Waals surface area contributed by atoms with Crippen molar-refractivity contribution >= 4 is 36.6 Å². The summed E-state index contributed by atoms with van der Waals surface area (Å²) in [5.74, 6) is 0.422. The topological polar surface area (TPSA) is 146 Å². The standard InChI is InChI=1S/C17H19FN2O2.C10H10ClF3N2.CH5N.CH2O/c1-3-22-17-12(2)10-15(8-9-19-11-21)20-16(17)13-4-6-14(18)7-5-13;1-5-2-6(9(16)7(11)3-5)4-8(15)10(12,13)14;2*1-2/h4-7,10-11H,3,8-9H2,1-2H3,(H,19,21);2-4H,15-16H2,1H3;2H2,1H3;1H2/b;8-4-;;. The van der Waals surface area contributed by atoms with Gasteiger partial charge in [0.1, 0.15) is 29.7 Å². The number of anilines is 1. The molecule has 3 aromatic rings. The van der Waals surface area contributed by atoms with E-state index in [-0.39, 0.29) is 22.1 Å². The summed E-state index contributed by atoms with van der Waals surface area (Å²) in [6.07, 6.45) is -2.50. The molecule has 0 atom stereocenters. The second kappa shape index (κ2) is 19.1. The number of ether oxygens (including phenoxy) is 1. The van der Waals surface area contributed by atoms with Gasteiger partial charge in [0, 0.05) is 29.8 Å². The van der Waals surface area contributed by atoms with Gasteiger partial charge in [-0.15, -0.1) is 0 Å². The first-order valence-corrected chi connectivity index (χ1v) is 12.8. The van der Waals surface area contributed by atoms with Crippen LogP contribution in [-0.4, -0.2) is 44.6 Å². The number of nitrogen functional groups attached to an aromatic ring is 1. The zero-order valence-electron chi connectivity index (χ0n) is 23.8. The number of carbonyl (C=O) groups is 2. The van der Waals surface area contributed by atoms with Crippen LogP contribution in [0.5, 0.6) is 5.75 Å². The number of nitrogens with zero attached hydrogens (tertiary/aromatic N) is 1. The van der Waals surface area contributed by atoms with Gasteiger partial charge in [-0.3, -0.25) is 4.79 Å². The Hall–Kier alpha value is -4.16. The van der Waals surface area contributed by atoms with E-state index in [2.05, 4.69) is 16.0 Å². The van der Waals surface area contributed by atoms with Gasteiger partial charge >= 0.3 is 6.18 Å². The van der Waals surface area contributed by atoms with Crippen LogP contribution < -0.4 is 27.3 Å². The number of nitrogens with one attached hydrogen (secondary N) is 1. The van der Waals surface area contributed by atoms with Gasteiger partial charge in [-0.05, 0) is 87.5 Å². The van der Waals surface area contributed by atoms with Crippen LogP contribution in [0, 0.1) is 19.7 Å². The fourth-order valence-electron chi connectivity index (χ4n) is 3.40. The van der Waals surface area contributed by atoms with Gasteiger partial charge in [-0.25, -0.2) is 9.37 Å². The zero-order chi connectivity index (χ0) is 32.5. The van der Waals surface area contributed by atoms with Crippen molar-refractivity contribution in [2.75, 3.05) is 25.9 Å². The lowest BCUT2D eigenvalue weighted by atomic mass is 10.1. The van der Waals surface area contributed by atoms with E-state index < -0.39 is 11.9 Å². The normalized spacial score (nSPS) is 10.6. The van der Waals surface area contributed by atoms with Crippen molar-refractivity contribution in [3.05, 3.63) is 81.4 Å². The molecule has 42 heavy (non-hydrogen) atoms. The van der Waals surface area contributed by atoms with Crippen LogP contribution in [0.3, 0.4) is 0 Å². The molecule has 2 aromatic carbocycles.